The topological polar surface area (TPSA) is 93.3 Å². The SMILES string of the molecule is CCc1nc2ccc(N3CCC(O)C(N4CCC(O)CC4)C3)nn2c1N(C)c1nc(-c2ccc(F)cc2)cs1. The average Bonchev–Trinajstić information content (AvgIpc) is 3.59. The number of aliphatic hydroxyl groups excluding tert-OH is 2. The summed E-state index contributed by atoms with van der Waals surface area (Å²) in [5.41, 5.74) is 3.36. The van der Waals surface area contributed by atoms with Crippen molar-refractivity contribution in [3.05, 3.63) is 53.3 Å². The molecule has 6 rings (SSSR count). The zero-order valence-electron chi connectivity index (χ0n) is 22.2. The van der Waals surface area contributed by atoms with Crippen molar-refractivity contribution in [2.75, 3.05) is 43.0 Å². The van der Waals surface area contributed by atoms with E-state index in [-0.39, 0.29) is 24.1 Å². The van der Waals surface area contributed by atoms with Gasteiger partial charge in [-0.15, -0.1) is 16.4 Å². The molecule has 2 aliphatic rings. The van der Waals surface area contributed by atoms with Gasteiger partial charge in [-0.2, -0.15) is 4.52 Å². The van der Waals surface area contributed by atoms with Crippen LogP contribution in [-0.2, 0) is 6.42 Å². The molecule has 5 heterocycles. The third-order valence-corrected chi connectivity index (χ3v) is 8.84. The Bertz CT molecular complexity index is 1430. The van der Waals surface area contributed by atoms with Gasteiger partial charge < -0.3 is 20.0 Å². The van der Waals surface area contributed by atoms with Gasteiger partial charge in [0.15, 0.2) is 16.6 Å². The molecular weight excluding hydrogens is 517 g/mol. The fraction of sp³-hybridized carbons (Fsp3) is 0.464. The molecule has 2 aliphatic heterocycles. The summed E-state index contributed by atoms with van der Waals surface area (Å²) in [5, 5.41) is 28.5. The Balaban J connectivity index is 1.29. The molecule has 2 unspecified atom stereocenters. The molecule has 0 spiro atoms. The first-order chi connectivity index (χ1) is 18.9. The molecule has 39 heavy (non-hydrogen) atoms. The van der Waals surface area contributed by atoms with E-state index < -0.39 is 0 Å². The van der Waals surface area contributed by atoms with Crippen molar-refractivity contribution >= 4 is 33.8 Å². The zero-order chi connectivity index (χ0) is 27.1. The molecule has 0 amide bonds. The van der Waals surface area contributed by atoms with E-state index >= 15 is 0 Å². The van der Waals surface area contributed by atoms with E-state index in [1.165, 1.54) is 23.5 Å². The van der Waals surface area contributed by atoms with Gasteiger partial charge >= 0.3 is 0 Å². The highest BCUT2D eigenvalue weighted by Gasteiger charge is 2.35. The van der Waals surface area contributed by atoms with Crippen LogP contribution in [0.25, 0.3) is 16.9 Å². The monoisotopic (exact) mass is 551 g/mol. The first kappa shape index (κ1) is 26.1. The number of hydrogen-bond donors (Lipinski definition) is 2. The van der Waals surface area contributed by atoms with Crippen molar-refractivity contribution in [2.24, 2.45) is 0 Å². The number of imidazole rings is 1. The second-order valence-electron chi connectivity index (χ2n) is 10.4. The summed E-state index contributed by atoms with van der Waals surface area (Å²) in [7, 11) is 1.97. The molecule has 0 aliphatic carbocycles. The first-order valence-corrected chi connectivity index (χ1v) is 14.5. The van der Waals surface area contributed by atoms with E-state index in [0.29, 0.717) is 13.0 Å². The van der Waals surface area contributed by atoms with Crippen molar-refractivity contribution in [2.45, 2.75) is 50.9 Å². The third kappa shape index (κ3) is 5.11. The highest BCUT2D eigenvalue weighted by Crippen LogP contribution is 2.34. The zero-order valence-corrected chi connectivity index (χ0v) is 23.1. The quantitative estimate of drug-likeness (QED) is 0.375. The minimum absolute atomic E-state index is 0.0140. The molecule has 0 radical (unpaired) electrons. The summed E-state index contributed by atoms with van der Waals surface area (Å²) in [4.78, 5) is 16.3. The molecule has 2 atom stereocenters. The number of rotatable bonds is 6. The molecule has 0 bridgehead atoms. The number of piperidine rings is 2. The predicted octanol–water partition coefficient (Wildman–Crippen LogP) is 3.72. The molecule has 206 valence electrons. The van der Waals surface area contributed by atoms with Gasteiger partial charge in [0, 0.05) is 44.2 Å². The number of halogens is 1. The summed E-state index contributed by atoms with van der Waals surface area (Å²) < 4.78 is 15.3. The molecule has 0 saturated carbocycles. The lowest BCUT2D eigenvalue weighted by molar-refractivity contribution is -0.0000198. The molecule has 2 saturated heterocycles. The van der Waals surface area contributed by atoms with Crippen LogP contribution in [0.1, 0.15) is 31.9 Å². The fourth-order valence-electron chi connectivity index (χ4n) is 5.66. The number of hydrogen-bond acceptors (Lipinski definition) is 9. The number of benzene rings is 1. The Labute approximate surface area is 231 Å². The van der Waals surface area contributed by atoms with Crippen molar-refractivity contribution in [3.8, 4) is 11.3 Å². The fourth-order valence-corrected chi connectivity index (χ4v) is 6.47. The molecule has 2 fully saturated rings. The van der Waals surface area contributed by atoms with Crippen LogP contribution in [0, 0.1) is 5.82 Å². The number of aliphatic hydroxyl groups is 2. The van der Waals surface area contributed by atoms with Crippen LogP contribution in [0.4, 0.5) is 21.2 Å². The minimum Gasteiger partial charge on any atom is -0.393 e. The van der Waals surface area contributed by atoms with Crippen LogP contribution in [0.3, 0.4) is 0 Å². The van der Waals surface area contributed by atoms with Crippen molar-refractivity contribution < 1.29 is 14.6 Å². The largest absolute Gasteiger partial charge is 0.393 e. The van der Waals surface area contributed by atoms with Crippen LogP contribution < -0.4 is 9.80 Å². The van der Waals surface area contributed by atoms with Gasteiger partial charge in [-0.05, 0) is 62.1 Å². The highest BCUT2D eigenvalue weighted by atomic mass is 32.1. The Kier molecular flexibility index (Phi) is 7.23. The van der Waals surface area contributed by atoms with Gasteiger partial charge in [-0.1, -0.05) is 6.92 Å². The number of aryl methyl sites for hydroxylation is 1. The Morgan fingerprint density at radius 1 is 1.03 bits per heavy atom. The lowest BCUT2D eigenvalue weighted by atomic mass is 9.97. The minimum atomic E-state index is -0.387. The van der Waals surface area contributed by atoms with Gasteiger partial charge in [-0.25, -0.2) is 14.4 Å². The maximum Gasteiger partial charge on any atom is 0.191 e. The second kappa shape index (κ2) is 10.8. The summed E-state index contributed by atoms with van der Waals surface area (Å²) in [5.74, 6) is 1.45. The van der Waals surface area contributed by atoms with E-state index in [9.17, 15) is 14.6 Å². The number of thiazole rings is 1. The van der Waals surface area contributed by atoms with Crippen LogP contribution in [-0.4, -0.2) is 86.2 Å². The number of aromatic nitrogens is 4. The summed E-state index contributed by atoms with van der Waals surface area (Å²) in [6.45, 7) is 5.09. The van der Waals surface area contributed by atoms with Crippen molar-refractivity contribution in [1.82, 2.24) is 24.5 Å². The van der Waals surface area contributed by atoms with E-state index in [1.807, 2.05) is 34.0 Å². The summed E-state index contributed by atoms with van der Waals surface area (Å²) in [6, 6.07) is 10.4. The number of likely N-dealkylation sites (tertiary alicyclic amines) is 1. The van der Waals surface area contributed by atoms with Crippen molar-refractivity contribution in [1.29, 1.82) is 0 Å². The van der Waals surface area contributed by atoms with Crippen LogP contribution >= 0.6 is 11.3 Å². The van der Waals surface area contributed by atoms with Crippen LogP contribution in [0.15, 0.2) is 41.8 Å². The average molecular weight is 552 g/mol. The number of anilines is 3. The molecule has 9 nitrogen and oxygen atoms in total. The Morgan fingerprint density at radius 3 is 2.54 bits per heavy atom. The number of nitrogens with zero attached hydrogens (tertiary/aromatic N) is 7. The van der Waals surface area contributed by atoms with Crippen molar-refractivity contribution in [3.63, 3.8) is 0 Å². The van der Waals surface area contributed by atoms with Gasteiger partial charge in [0.05, 0.1) is 29.6 Å². The van der Waals surface area contributed by atoms with E-state index in [0.717, 1.165) is 78.3 Å². The Morgan fingerprint density at radius 2 is 1.79 bits per heavy atom. The molecule has 1 aromatic carbocycles. The van der Waals surface area contributed by atoms with E-state index in [4.69, 9.17) is 15.1 Å². The van der Waals surface area contributed by atoms with Crippen LogP contribution in [0.5, 0.6) is 0 Å². The summed E-state index contributed by atoms with van der Waals surface area (Å²) in [6.07, 6.45) is 2.28. The first-order valence-electron chi connectivity index (χ1n) is 13.6. The van der Waals surface area contributed by atoms with Gasteiger partial charge in [-0.3, -0.25) is 4.90 Å². The molecule has 2 N–H and O–H groups in total. The molecular formula is C28H34FN7O2S. The maximum absolute atomic E-state index is 13.4. The predicted molar refractivity (Wildman–Crippen MR) is 151 cm³/mol. The van der Waals surface area contributed by atoms with Gasteiger partial charge in [0.2, 0.25) is 0 Å². The second-order valence-corrected chi connectivity index (χ2v) is 11.3. The summed E-state index contributed by atoms with van der Waals surface area (Å²) >= 11 is 1.52. The highest BCUT2D eigenvalue weighted by molar-refractivity contribution is 7.14. The number of fused-ring (bicyclic) bond motifs is 1. The molecule has 3 aromatic heterocycles. The van der Waals surface area contributed by atoms with Gasteiger partial charge in [0.1, 0.15) is 11.6 Å². The lowest BCUT2D eigenvalue weighted by Gasteiger charge is -2.44. The lowest BCUT2D eigenvalue weighted by Crippen LogP contribution is -2.57. The Hall–Kier alpha value is -3.12. The van der Waals surface area contributed by atoms with E-state index in [2.05, 4.69) is 16.7 Å². The van der Waals surface area contributed by atoms with Gasteiger partial charge in [0.25, 0.3) is 0 Å². The molecule has 4 aromatic rings. The van der Waals surface area contributed by atoms with Crippen LogP contribution in [0.2, 0.25) is 0 Å². The molecule has 11 heteroatoms. The standard InChI is InChI=1S/C28H34FN7O2S/c1-3-21-27(33(2)28-31-22(17-39-28)18-4-6-19(29)7-5-18)36-25(30-21)8-9-26(32-36)35-15-12-24(38)23(16-35)34-13-10-20(37)11-14-34/h4-9,17,20,23-24,37-38H,3,10-16H2,1-2H3. The van der Waals surface area contributed by atoms with E-state index in [1.54, 1.807) is 12.1 Å². The third-order valence-electron chi connectivity index (χ3n) is 7.92. The maximum atomic E-state index is 13.4. The smallest absolute Gasteiger partial charge is 0.191 e. The normalized spacial score (nSPS) is 21.1.